The summed E-state index contributed by atoms with van der Waals surface area (Å²) >= 11 is 0. The Labute approximate surface area is 159 Å². The van der Waals surface area contributed by atoms with Crippen molar-refractivity contribution in [2.45, 2.75) is 13.3 Å². The van der Waals surface area contributed by atoms with Gasteiger partial charge in [0.2, 0.25) is 0 Å². The molecule has 0 saturated carbocycles. The maximum Gasteiger partial charge on any atom is 0.253 e. The van der Waals surface area contributed by atoms with Crippen molar-refractivity contribution >= 4 is 11.6 Å². The van der Waals surface area contributed by atoms with Crippen molar-refractivity contribution in [3.8, 4) is 5.69 Å². The van der Waals surface area contributed by atoms with Gasteiger partial charge in [-0.25, -0.2) is 4.68 Å². The second-order valence-corrected chi connectivity index (χ2v) is 6.80. The molecule has 138 valence electrons. The summed E-state index contributed by atoms with van der Waals surface area (Å²) < 4.78 is 1.77. The van der Waals surface area contributed by atoms with Gasteiger partial charge in [-0.3, -0.25) is 9.78 Å². The number of benzene rings is 1. The average molecular weight is 361 g/mol. The third-order valence-corrected chi connectivity index (χ3v) is 4.98. The highest BCUT2D eigenvalue weighted by Crippen LogP contribution is 2.21. The topological polar surface area (TPSA) is 54.3 Å². The molecular weight excluding hydrogens is 338 g/mol. The van der Waals surface area contributed by atoms with E-state index in [4.69, 9.17) is 0 Å². The zero-order valence-electron chi connectivity index (χ0n) is 15.5. The lowest BCUT2D eigenvalue weighted by Crippen LogP contribution is -2.35. The van der Waals surface area contributed by atoms with E-state index in [0.29, 0.717) is 12.1 Å². The van der Waals surface area contributed by atoms with E-state index in [1.54, 1.807) is 10.9 Å². The van der Waals surface area contributed by atoms with Crippen LogP contribution in [0.5, 0.6) is 0 Å². The van der Waals surface area contributed by atoms with Gasteiger partial charge in [0.25, 0.3) is 5.91 Å². The Morgan fingerprint density at radius 1 is 1.04 bits per heavy atom. The minimum absolute atomic E-state index is 0.0808. The van der Waals surface area contributed by atoms with Crippen LogP contribution >= 0.6 is 0 Å². The van der Waals surface area contributed by atoms with Gasteiger partial charge in [0.1, 0.15) is 0 Å². The molecular formula is C21H23N5O. The van der Waals surface area contributed by atoms with E-state index >= 15 is 0 Å². The fourth-order valence-corrected chi connectivity index (χ4v) is 3.57. The number of hydrogen-bond donors (Lipinski definition) is 0. The zero-order valence-corrected chi connectivity index (χ0v) is 15.5. The van der Waals surface area contributed by atoms with E-state index in [1.165, 1.54) is 11.3 Å². The summed E-state index contributed by atoms with van der Waals surface area (Å²) in [5.41, 5.74) is 3.98. The molecule has 0 aliphatic carbocycles. The number of carbonyl (C=O) groups excluding carboxylic acids is 1. The van der Waals surface area contributed by atoms with E-state index < -0.39 is 0 Å². The second kappa shape index (κ2) is 7.61. The predicted molar refractivity (Wildman–Crippen MR) is 105 cm³/mol. The van der Waals surface area contributed by atoms with E-state index in [-0.39, 0.29) is 5.91 Å². The first-order valence-corrected chi connectivity index (χ1v) is 9.27. The van der Waals surface area contributed by atoms with Gasteiger partial charge >= 0.3 is 0 Å². The Morgan fingerprint density at radius 3 is 2.78 bits per heavy atom. The Morgan fingerprint density at radius 2 is 1.96 bits per heavy atom. The standard InChI is InChI=1S/C21H23N5O/c1-17-16-22-9-7-20(17)24-10-4-11-25(14-13-24)21(27)18-5-2-6-19(15-18)26-12-3-8-23-26/h2-3,5-9,12,15-16H,4,10-11,13-14H2,1H3. The van der Waals surface area contributed by atoms with E-state index in [2.05, 4.69) is 28.0 Å². The lowest BCUT2D eigenvalue weighted by molar-refractivity contribution is 0.0767. The third kappa shape index (κ3) is 3.69. The number of anilines is 1. The molecule has 6 nitrogen and oxygen atoms in total. The predicted octanol–water partition coefficient (Wildman–Crippen LogP) is 2.93. The minimum Gasteiger partial charge on any atom is -0.369 e. The smallest absolute Gasteiger partial charge is 0.253 e. The van der Waals surface area contributed by atoms with Crippen LogP contribution in [-0.4, -0.2) is 51.8 Å². The first kappa shape index (κ1) is 17.3. The summed E-state index contributed by atoms with van der Waals surface area (Å²) in [7, 11) is 0. The molecule has 27 heavy (non-hydrogen) atoms. The maximum absolute atomic E-state index is 13.1. The molecule has 1 aromatic carbocycles. The molecule has 2 aromatic heterocycles. The highest BCUT2D eigenvalue weighted by atomic mass is 16.2. The second-order valence-electron chi connectivity index (χ2n) is 6.80. The quantitative estimate of drug-likeness (QED) is 0.720. The lowest BCUT2D eigenvalue weighted by Gasteiger charge is -2.25. The molecule has 4 rings (SSSR count). The van der Waals surface area contributed by atoms with Gasteiger partial charge in [0.05, 0.1) is 5.69 Å². The van der Waals surface area contributed by atoms with Crippen LogP contribution in [0, 0.1) is 6.92 Å². The summed E-state index contributed by atoms with van der Waals surface area (Å²) in [6.07, 6.45) is 8.29. The normalized spacial score (nSPS) is 14.9. The third-order valence-electron chi connectivity index (χ3n) is 4.98. The Kier molecular flexibility index (Phi) is 4.87. The highest BCUT2D eigenvalue weighted by molar-refractivity contribution is 5.94. The molecule has 1 fully saturated rings. The van der Waals surface area contributed by atoms with Crippen LogP contribution < -0.4 is 4.90 Å². The average Bonchev–Trinajstić information content (AvgIpc) is 3.13. The Hall–Kier alpha value is -3.15. The van der Waals surface area contributed by atoms with Crippen molar-refractivity contribution < 1.29 is 4.79 Å². The van der Waals surface area contributed by atoms with Gasteiger partial charge in [-0.05, 0) is 49.2 Å². The van der Waals surface area contributed by atoms with Gasteiger partial charge in [-0.15, -0.1) is 0 Å². The van der Waals surface area contributed by atoms with Gasteiger partial charge in [-0.2, -0.15) is 5.10 Å². The summed E-state index contributed by atoms with van der Waals surface area (Å²) in [4.78, 5) is 21.5. The number of amides is 1. The molecule has 0 unspecified atom stereocenters. The largest absolute Gasteiger partial charge is 0.369 e. The molecule has 1 amide bonds. The number of nitrogens with zero attached hydrogens (tertiary/aromatic N) is 5. The molecule has 3 aromatic rings. The van der Waals surface area contributed by atoms with Gasteiger partial charge < -0.3 is 9.80 Å². The van der Waals surface area contributed by atoms with E-state index in [9.17, 15) is 4.79 Å². The van der Waals surface area contributed by atoms with E-state index in [0.717, 1.165) is 31.7 Å². The molecule has 1 saturated heterocycles. The van der Waals surface area contributed by atoms with Crippen molar-refractivity contribution in [2.24, 2.45) is 0 Å². The van der Waals surface area contributed by atoms with Crippen LogP contribution in [0.4, 0.5) is 5.69 Å². The van der Waals surface area contributed by atoms with Crippen LogP contribution in [0.3, 0.4) is 0 Å². The number of hydrogen-bond acceptors (Lipinski definition) is 4. The van der Waals surface area contributed by atoms with Crippen LogP contribution in [0.15, 0.2) is 61.2 Å². The molecule has 1 aliphatic heterocycles. The SMILES string of the molecule is Cc1cnccc1N1CCCN(C(=O)c2cccc(-n3cccn3)c2)CC1. The monoisotopic (exact) mass is 361 g/mol. The van der Waals surface area contributed by atoms with Gasteiger partial charge in [0.15, 0.2) is 0 Å². The summed E-state index contributed by atoms with van der Waals surface area (Å²) in [5, 5.41) is 4.25. The molecule has 1 aliphatic rings. The fraction of sp³-hybridized carbons (Fsp3) is 0.286. The van der Waals surface area contributed by atoms with Crippen molar-refractivity contribution in [3.63, 3.8) is 0 Å². The summed E-state index contributed by atoms with van der Waals surface area (Å²) in [6, 6.07) is 11.6. The van der Waals surface area contributed by atoms with Crippen LogP contribution in [0.2, 0.25) is 0 Å². The number of aromatic nitrogens is 3. The van der Waals surface area contributed by atoms with Gasteiger partial charge in [0, 0.05) is 62.2 Å². The van der Waals surface area contributed by atoms with Crippen molar-refractivity contribution in [1.82, 2.24) is 19.7 Å². The number of rotatable bonds is 3. The molecule has 6 heteroatoms. The minimum atomic E-state index is 0.0808. The first-order valence-electron chi connectivity index (χ1n) is 9.27. The summed E-state index contributed by atoms with van der Waals surface area (Å²) in [6.45, 7) is 5.34. The first-order chi connectivity index (χ1) is 13.2. The molecule has 0 radical (unpaired) electrons. The van der Waals surface area contributed by atoms with Crippen molar-refractivity contribution in [1.29, 1.82) is 0 Å². The summed E-state index contributed by atoms with van der Waals surface area (Å²) in [5.74, 6) is 0.0808. The van der Waals surface area contributed by atoms with Crippen LogP contribution in [0.1, 0.15) is 22.3 Å². The number of pyridine rings is 1. The van der Waals surface area contributed by atoms with Crippen molar-refractivity contribution in [2.75, 3.05) is 31.1 Å². The van der Waals surface area contributed by atoms with Crippen LogP contribution in [-0.2, 0) is 0 Å². The Bertz CT molecular complexity index is 922. The lowest BCUT2D eigenvalue weighted by atomic mass is 10.1. The molecule has 3 heterocycles. The molecule has 0 bridgehead atoms. The molecule has 0 atom stereocenters. The molecule has 0 spiro atoms. The maximum atomic E-state index is 13.1. The number of carbonyl (C=O) groups is 1. The van der Waals surface area contributed by atoms with Crippen LogP contribution in [0.25, 0.3) is 5.69 Å². The van der Waals surface area contributed by atoms with Gasteiger partial charge in [-0.1, -0.05) is 6.07 Å². The zero-order chi connectivity index (χ0) is 18.6. The highest BCUT2D eigenvalue weighted by Gasteiger charge is 2.21. The van der Waals surface area contributed by atoms with E-state index in [1.807, 2.05) is 53.8 Å². The Balaban J connectivity index is 1.49. The van der Waals surface area contributed by atoms with Crippen molar-refractivity contribution in [3.05, 3.63) is 72.3 Å². The number of aryl methyl sites for hydroxylation is 1. The fourth-order valence-electron chi connectivity index (χ4n) is 3.57. The molecule has 0 N–H and O–H groups in total.